The molecule has 0 radical (unpaired) electrons. The maximum Gasteiger partial charge on any atom is 0.528 e. The fraction of sp³-hybridized carbons (Fsp3) is 0.222. The van der Waals surface area contributed by atoms with E-state index in [0.29, 0.717) is 6.07 Å². The minimum Gasteiger partial charge on any atom is -0.465 e. The van der Waals surface area contributed by atoms with Gasteiger partial charge in [0.25, 0.3) is 0 Å². The first-order valence-corrected chi connectivity index (χ1v) is 4.85. The number of rotatable bonds is 4. The molecule has 0 fully saturated rings. The molecule has 1 aromatic rings. The zero-order valence-corrected chi connectivity index (χ0v) is 9.73. The first-order valence-electron chi connectivity index (χ1n) is 4.85. The van der Waals surface area contributed by atoms with E-state index in [1.54, 1.807) is 0 Å². The summed E-state index contributed by atoms with van der Waals surface area (Å²) >= 11 is 0. The van der Waals surface area contributed by atoms with Crippen LogP contribution in [0.2, 0.25) is 0 Å². The number of carbonyl (C=O) groups excluding carboxylic acids is 1. The lowest BCUT2D eigenvalue weighted by Crippen LogP contribution is -2.44. The van der Waals surface area contributed by atoms with Crippen molar-refractivity contribution in [1.82, 2.24) is 0 Å². The first-order chi connectivity index (χ1) is 8.85. The second-order valence-electron chi connectivity index (χ2n) is 3.40. The second-order valence-corrected chi connectivity index (χ2v) is 3.40. The normalized spacial score (nSPS) is 11.3. The molecular formula is C9H10BF3N2O4. The summed E-state index contributed by atoms with van der Waals surface area (Å²) in [6.45, 7) is 0. The number of halogens is 3. The average molecular weight is 278 g/mol. The van der Waals surface area contributed by atoms with Crippen LogP contribution in [-0.4, -0.2) is 20.2 Å². The number of alkyl halides is 3. The van der Waals surface area contributed by atoms with E-state index in [1.807, 2.05) is 0 Å². The Bertz CT molecular complexity index is 465. The van der Waals surface area contributed by atoms with Gasteiger partial charge in [0.15, 0.2) is 0 Å². The Morgan fingerprint density at radius 3 is 2.26 bits per heavy atom. The highest BCUT2D eigenvalue weighted by molar-refractivity contribution is 6.62. The third-order valence-corrected chi connectivity index (χ3v) is 2.29. The highest BCUT2D eigenvalue weighted by Gasteiger charge is 2.35. The summed E-state index contributed by atoms with van der Waals surface area (Å²) in [4.78, 5) is 11.4. The average Bonchev–Trinajstić information content (AvgIpc) is 2.38. The van der Waals surface area contributed by atoms with Crippen molar-refractivity contribution >= 4 is 18.6 Å². The third kappa shape index (κ3) is 3.44. The predicted molar refractivity (Wildman–Crippen MR) is 58.7 cm³/mol. The molecule has 104 valence electrons. The molecule has 0 amide bonds. The summed E-state index contributed by atoms with van der Waals surface area (Å²) < 4.78 is 50.7. The Labute approximate surface area is 106 Å². The van der Waals surface area contributed by atoms with Crippen molar-refractivity contribution in [1.29, 1.82) is 0 Å². The molecule has 0 heterocycles. The number of hydrogen-bond acceptors (Lipinski definition) is 6. The van der Waals surface area contributed by atoms with Crippen LogP contribution < -0.4 is 17.3 Å². The molecule has 1 aromatic carbocycles. The van der Waals surface area contributed by atoms with E-state index < -0.39 is 24.8 Å². The Morgan fingerprint density at radius 2 is 1.84 bits per heavy atom. The monoisotopic (exact) mass is 278 g/mol. The van der Waals surface area contributed by atoms with E-state index in [9.17, 15) is 18.0 Å². The molecular weight excluding hydrogens is 268 g/mol. The lowest BCUT2D eigenvalue weighted by Gasteiger charge is -2.14. The lowest BCUT2D eigenvalue weighted by atomic mass is 9.75. The number of benzene rings is 1. The van der Waals surface area contributed by atoms with E-state index in [4.69, 9.17) is 11.8 Å². The van der Waals surface area contributed by atoms with Crippen molar-refractivity contribution in [3.63, 3.8) is 0 Å². The summed E-state index contributed by atoms with van der Waals surface area (Å²) in [6, 6.07) is 2.30. The van der Waals surface area contributed by atoms with E-state index in [0.717, 1.165) is 19.2 Å². The fourth-order valence-corrected chi connectivity index (χ4v) is 1.41. The molecule has 10 heteroatoms. The fourth-order valence-electron chi connectivity index (χ4n) is 1.41. The Morgan fingerprint density at radius 1 is 1.26 bits per heavy atom. The standard InChI is InChI=1S/C9H10BF3N2O4/c1-17-8(16)6-3-2-5(9(11,12)13)4-7(6)10(18-14)19-15/h2-4H,14-15H2,1H3. The minimum atomic E-state index is -4.60. The van der Waals surface area contributed by atoms with Crippen LogP contribution in [0, 0.1) is 0 Å². The van der Waals surface area contributed by atoms with E-state index in [-0.39, 0.29) is 11.0 Å². The maximum atomic E-state index is 12.6. The number of esters is 1. The van der Waals surface area contributed by atoms with Crippen LogP contribution in [0.5, 0.6) is 0 Å². The molecule has 4 N–H and O–H groups in total. The first kappa shape index (κ1) is 15.4. The quantitative estimate of drug-likeness (QED) is 0.456. The molecule has 1 rings (SSSR count). The molecule has 0 aliphatic carbocycles. The van der Waals surface area contributed by atoms with Crippen LogP contribution in [0.15, 0.2) is 18.2 Å². The highest BCUT2D eigenvalue weighted by Crippen LogP contribution is 2.28. The minimum absolute atomic E-state index is 0.198. The van der Waals surface area contributed by atoms with E-state index >= 15 is 0 Å². The lowest BCUT2D eigenvalue weighted by molar-refractivity contribution is -0.137. The Balaban J connectivity index is 3.38. The largest absolute Gasteiger partial charge is 0.528 e. The zero-order valence-electron chi connectivity index (χ0n) is 9.73. The van der Waals surface area contributed by atoms with Crippen molar-refractivity contribution in [2.24, 2.45) is 11.8 Å². The predicted octanol–water partition coefficient (Wildman–Crippen LogP) is -0.0322. The van der Waals surface area contributed by atoms with E-state index in [1.165, 1.54) is 0 Å². The maximum absolute atomic E-state index is 12.6. The summed E-state index contributed by atoms with van der Waals surface area (Å²) in [7, 11) is -0.456. The van der Waals surface area contributed by atoms with Gasteiger partial charge in [-0.25, -0.2) is 16.6 Å². The molecule has 0 spiro atoms. The van der Waals surface area contributed by atoms with Gasteiger partial charge in [0.05, 0.1) is 18.2 Å². The molecule has 0 atom stereocenters. The van der Waals surface area contributed by atoms with Crippen LogP contribution in [0.4, 0.5) is 13.2 Å². The Hall–Kier alpha value is -1.62. The molecule has 0 saturated carbocycles. The van der Waals surface area contributed by atoms with Gasteiger partial charge in [-0.15, -0.1) is 0 Å². The van der Waals surface area contributed by atoms with Crippen molar-refractivity contribution in [2.45, 2.75) is 6.18 Å². The van der Waals surface area contributed by atoms with Gasteiger partial charge in [0, 0.05) is 0 Å². The van der Waals surface area contributed by atoms with Crippen molar-refractivity contribution in [3.8, 4) is 0 Å². The van der Waals surface area contributed by atoms with Crippen molar-refractivity contribution in [3.05, 3.63) is 29.3 Å². The van der Waals surface area contributed by atoms with Gasteiger partial charge in [-0.3, -0.25) is 0 Å². The summed E-state index contributed by atoms with van der Waals surface area (Å²) in [6.07, 6.45) is -4.60. The highest BCUT2D eigenvalue weighted by atomic mass is 19.4. The number of methoxy groups -OCH3 is 1. The number of ether oxygens (including phenoxy) is 1. The molecule has 6 nitrogen and oxygen atoms in total. The zero-order chi connectivity index (χ0) is 14.6. The van der Waals surface area contributed by atoms with Crippen LogP contribution in [0.25, 0.3) is 0 Å². The van der Waals surface area contributed by atoms with Gasteiger partial charge in [0.2, 0.25) is 0 Å². The smallest absolute Gasteiger partial charge is 0.465 e. The molecule has 19 heavy (non-hydrogen) atoms. The summed E-state index contributed by atoms with van der Waals surface area (Å²) in [5.74, 6) is 8.82. The number of nitrogens with two attached hydrogens (primary N) is 2. The molecule has 0 aliphatic rings. The van der Waals surface area contributed by atoms with Gasteiger partial charge in [0.1, 0.15) is 0 Å². The summed E-state index contributed by atoms with van der Waals surface area (Å²) in [5, 5.41) is 0. The van der Waals surface area contributed by atoms with Crippen molar-refractivity contribution in [2.75, 3.05) is 7.11 Å². The number of carbonyl (C=O) groups is 1. The van der Waals surface area contributed by atoms with Crippen molar-refractivity contribution < 1.29 is 32.2 Å². The Kier molecular flexibility index (Phi) is 4.89. The summed E-state index contributed by atoms with van der Waals surface area (Å²) in [5.41, 5.74) is -1.49. The van der Waals surface area contributed by atoms with Gasteiger partial charge < -0.3 is 14.2 Å². The van der Waals surface area contributed by atoms with Crippen LogP contribution >= 0.6 is 0 Å². The van der Waals surface area contributed by atoms with Gasteiger partial charge in [-0.1, -0.05) is 0 Å². The van der Waals surface area contributed by atoms with Crippen LogP contribution in [0.3, 0.4) is 0 Å². The third-order valence-electron chi connectivity index (χ3n) is 2.29. The molecule has 0 saturated heterocycles. The SMILES string of the molecule is COC(=O)c1ccc(C(F)(F)F)cc1B(ON)ON. The van der Waals surface area contributed by atoms with Gasteiger partial charge in [-0.2, -0.15) is 13.2 Å². The molecule has 0 bridgehead atoms. The second kappa shape index (κ2) is 6.02. The van der Waals surface area contributed by atoms with Crippen LogP contribution in [0.1, 0.15) is 15.9 Å². The molecule has 0 unspecified atom stereocenters. The van der Waals surface area contributed by atoms with E-state index in [2.05, 4.69) is 14.2 Å². The molecule has 0 aliphatic heterocycles. The van der Waals surface area contributed by atoms with Gasteiger partial charge in [-0.05, 0) is 23.7 Å². The topological polar surface area (TPSA) is 96.8 Å². The van der Waals surface area contributed by atoms with Gasteiger partial charge >= 0.3 is 19.3 Å². The number of hydrogen-bond donors (Lipinski definition) is 2. The molecule has 0 aromatic heterocycles. The van der Waals surface area contributed by atoms with Crippen LogP contribution in [-0.2, 0) is 20.4 Å².